The quantitative estimate of drug-likeness (QED) is 0.630. The molecule has 0 unspecified atom stereocenters. The van der Waals surface area contributed by atoms with Crippen molar-refractivity contribution in [3.05, 3.63) is 28.8 Å². The minimum absolute atomic E-state index is 0.236. The summed E-state index contributed by atoms with van der Waals surface area (Å²) >= 11 is 7.64. The second-order valence-corrected chi connectivity index (χ2v) is 4.70. The lowest BCUT2D eigenvalue weighted by molar-refractivity contribution is 0.0697. The number of carboxylic acids is 1. The number of carbonyl (C=O) groups is 1. The molecule has 1 rings (SSSR count). The van der Waals surface area contributed by atoms with Gasteiger partial charge in [-0.1, -0.05) is 24.9 Å². The maximum atomic E-state index is 10.7. The number of rotatable bonds is 5. The zero-order valence-corrected chi connectivity index (χ0v) is 10.1. The molecule has 0 saturated carbocycles. The van der Waals surface area contributed by atoms with Gasteiger partial charge in [0.15, 0.2) is 0 Å². The van der Waals surface area contributed by atoms with Crippen molar-refractivity contribution in [1.82, 2.24) is 0 Å². The van der Waals surface area contributed by atoms with Crippen LogP contribution in [0.5, 0.6) is 0 Å². The van der Waals surface area contributed by atoms with Crippen LogP contribution < -0.4 is 0 Å². The van der Waals surface area contributed by atoms with Crippen LogP contribution in [0.15, 0.2) is 23.1 Å². The predicted octanol–water partition coefficient (Wildman–Crippen LogP) is 3.93. The summed E-state index contributed by atoms with van der Waals surface area (Å²) in [6.45, 7) is 2.13. The van der Waals surface area contributed by atoms with Gasteiger partial charge in [0.2, 0.25) is 0 Å². The first-order chi connectivity index (χ1) is 7.15. The van der Waals surface area contributed by atoms with Crippen LogP contribution >= 0.6 is 23.4 Å². The van der Waals surface area contributed by atoms with Crippen molar-refractivity contribution in [3.8, 4) is 0 Å². The number of hydrogen-bond donors (Lipinski definition) is 1. The number of aromatic carboxylic acids is 1. The fourth-order valence-electron chi connectivity index (χ4n) is 1.08. The normalized spacial score (nSPS) is 10.3. The molecular formula is C11H13ClO2S. The molecule has 0 saturated heterocycles. The van der Waals surface area contributed by atoms with Crippen LogP contribution in [0.2, 0.25) is 5.02 Å². The molecule has 15 heavy (non-hydrogen) atoms. The van der Waals surface area contributed by atoms with Gasteiger partial charge in [0, 0.05) is 4.90 Å². The van der Waals surface area contributed by atoms with E-state index >= 15 is 0 Å². The SMILES string of the molecule is CCCCSc1ccc(C(=O)O)cc1Cl. The maximum Gasteiger partial charge on any atom is 0.335 e. The van der Waals surface area contributed by atoms with E-state index in [2.05, 4.69) is 6.92 Å². The molecule has 2 nitrogen and oxygen atoms in total. The summed E-state index contributed by atoms with van der Waals surface area (Å²) in [7, 11) is 0. The zero-order valence-electron chi connectivity index (χ0n) is 8.50. The molecule has 0 aliphatic rings. The van der Waals surface area contributed by atoms with Gasteiger partial charge in [-0.15, -0.1) is 11.8 Å². The van der Waals surface area contributed by atoms with Crippen LogP contribution in [-0.2, 0) is 0 Å². The molecule has 0 radical (unpaired) electrons. The standard InChI is InChI=1S/C11H13ClO2S/c1-2-3-6-15-10-5-4-8(11(13)14)7-9(10)12/h4-5,7H,2-3,6H2,1H3,(H,13,14). The summed E-state index contributed by atoms with van der Waals surface area (Å²) < 4.78 is 0. The maximum absolute atomic E-state index is 10.7. The summed E-state index contributed by atoms with van der Waals surface area (Å²) in [6.07, 6.45) is 2.29. The summed E-state index contributed by atoms with van der Waals surface area (Å²) in [5, 5.41) is 9.27. The topological polar surface area (TPSA) is 37.3 Å². The average molecular weight is 245 g/mol. The molecule has 0 spiro atoms. The van der Waals surface area contributed by atoms with Crippen molar-refractivity contribution >= 4 is 29.3 Å². The molecule has 0 heterocycles. The number of halogens is 1. The Kier molecular flexibility index (Phi) is 4.99. The van der Waals surface area contributed by atoms with E-state index < -0.39 is 5.97 Å². The van der Waals surface area contributed by atoms with E-state index in [1.165, 1.54) is 6.07 Å². The van der Waals surface area contributed by atoms with Crippen molar-refractivity contribution in [1.29, 1.82) is 0 Å². The Hall–Kier alpha value is -0.670. The van der Waals surface area contributed by atoms with Crippen molar-refractivity contribution in [2.24, 2.45) is 0 Å². The van der Waals surface area contributed by atoms with Crippen molar-refractivity contribution < 1.29 is 9.90 Å². The van der Waals surface area contributed by atoms with Gasteiger partial charge in [-0.25, -0.2) is 4.79 Å². The third-order valence-corrected chi connectivity index (χ3v) is 3.52. The van der Waals surface area contributed by atoms with Crippen LogP contribution in [0.25, 0.3) is 0 Å². The van der Waals surface area contributed by atoms with Crippen LogP contribution in [0.3, 0.4) is 0 Å². The monoisotopic (exact) mass is 244 g/mol. The van der Waals surface area contributed by atoms with Gasteiger partial charge in [0.25, 0.3) is 0 Å². The Bertz CT molecular complexity index is 352. The minimum Gasteiger partial charge on any atom is -0.478 e. The predicted molar refractivity (Wildman–Crippen MR) is 64.0 cm³/mol. The van der Waals surface area contributed by atoms with Gasteiger partial charge < -0.3 is 5.11 Å². The highest BCUT2D eigenvalue weighted by molar-refractivity contribution is 7.99. The first-order valence-corrected chi connectivity index (χ1v) is 6.17. The fourth-order valence-corrected chi connectivity index (χ4v) is 2.44. The van der Waals surface area contributed by atoms with Gasteiger partial charge in [0.1, 0.15) is 0 Å². The van der Waals surface area contributed by atoms with Gasteiger partial charge in [-0.05, 0) is 30.4 Å². The smallest absolute Gasteiger partial charge is 0.335 e. The summed E-state index contributed by atoms with van der Waals surface area (Å²) in [6, 6.07) is 4.85. The highest BCUT2D eigenvalue weighted by Crippen LogP contribution is 2.28. The Morgan fingerprint density at radius 3 is 2.80 bits per heavy atom. The van der Waals surface area contributed by atoms with E-state index in [0.717, 1.165) is 23.5 Å². The average Bonchev–Trinajstić information content (AvgIpc) is 2.20. The summed E-state index contributed by atoms with van der Waals surface area (Å²) in [5.74, 6) is 0.0739. The number of benzene rings is 1. The number of unbranched alkanes of at least 4 members (excludes halogenated alkanes) is 1. The Morgan fingerprint density at radius 1 is 1.53 bits per heavy atom. The number of hydrogen-bond acceptors (Lipinski definition) is 2. The molecule has 0 bridgehead atoms. The van der Waals surface area contributed by atoms with E-state index in [0.29, 0.717) is 5.02 Å². The molecule has 0 atom stereocenters. The zero-order chi connectivity index (χ0) is 11.3. The number of carboxylic acid groups (broad SMARTS) is 1. The molecule has 1 aromatic carbocycles. The van der Waals surface area contributed by atoms with Gasteiger partial charge >= 0.3 is 5.97 Å². The van der Waals surface area contributed by atoms with E-state index in [4.69, 9.17) is 16.7 Å². The van der Waals surface area contributed by atoms with Gasteiger partial charge in [-0.2, -0.15) is 0 Å². The van der Waals surface area contributed by atoms with Crippen molar-refractivity contribution in [2.75, 3.05) is 5.75 Å². The van der Waals surface area contributed by atoms with E-state index in [-0.39, 0.29) is 5.56 Å². The van der Waals surface area contributed by atoms with E-state index in [1.807, 2.05) is 0 Å². The molecule has 0 aliphatic carbocycles. The van der Waals surface area contributed by atoms with E-state index in [1.54, 1.807) is 23.9 Å². The third-order valence-electron chi connectivity index (χ3n) is 1.93. The molecular weight excluding hydrogens is 232 g/mol. The summed E-state index contributed by atoms with van der Waals surface area (Å²) in [5.41, 5.74) is 0.236. The molecule has 0 aromatic heterocycles. The van der Waals surface area contributed by atoms with Crippen LogP contribution in [-0.4, -0.2) is 16.8 Å². The second kappa shape index (κ2) is 6.03. The molecule has 1 N–H and O–H groups in total. The van der Waals surface area contributed by atoms with Crippen molar-refractivity contribution in [3.63, 3.8) is 0 Å². The minimum atomic E-state index is -0.943. The first kappa shape index (κ1) is 12.4. The molecule has 0 aliphatic heterocycles. The molecule has 82 valence electrons. The van der Waals surface area contributed by atoms with Crippen LogP contribution in [0, 0.1) is 0 Å². The first-order valence-electron chi connectivity index (χ1n) is 4.80. The van der Waals surface area contributed by atoms with Crippen LogP contribution in [0.4, 0.5) is 0 Å². The van der Waals surface area contributed by atoms with Crippen LogP contribution in [0.1, 0.15) is 30.1 Å². The summed E-state index contributed by atoms with van der Waals surface area (Å²) in [4.78, 5) is 11.6. The molecule has 1 aromatic rings. The molecule has 0 amide bonds. The highest BCUT2D eigenvalue weighted by Gasteiger charge is 2.06. The lowest BCUT2D eigenvalue weighted by Crippen LogP contribution is -1.95. The Morgan fingerprint density at radius 2 is 2.27 bits per heavy atom. The Balaban J connectivity index is 2.70. The lowest BCUT2D eigenvalue weighted by Gasteiger charge is -2.04. The van der Waals surface area contributed by atoms with Gasteiger partial charge in [-0.3, -0.25) is 0 Å². The van der Waals surface area contributed by atoms with E-state index in [9.17, 15) is 4.79 Å². The number of thioether (sulfide) groups is 1. The van der Waals surface area contributed by atoms with Crippen molar-refractivity contribution in [2.45, 2.75) is 24.7 Å². The Labute approximate surface area is 98.6 Å². The van der Waals surface area contributed by atoms with Gasteiger partial charge in [0.05, 0.1) is 10.6 Å². The lowest BCUT2D eigenvalue weighted by atomic mass is 10.2. The largest absolute Gasteiger partial charge is 0.478 e. The second-order valence-electron chi connectivity index (χ2n) is 3.15. The molecule has 4 heteroatoms. The molecule has 0 fully saturated rings. The fraction of sp³-hybridized carbons (Fsp3) is 0.364. The highest BCUT2D eigenvalue weighted by atomic mass is 35.5. The third kappa shape index (κ3) is 3.76.